The lowest BCUT2D eigenvalue weighted by atomic mass is 10.0. The van der Waals surface area contributed by atoms with Crippen molar-refractivity contribution in [1.29, 1.82) is 0 Å². The van der Waals surface area contributed by atoms with Gasteiger partial charge in [-0.1, -0.05) is 12.1 Å². The van der Waals surface area contributed by atoms with Gasteiger partial charge < -0.3 is 11.5 Å². The van der Waals surface area contributed by atoms with Gasteiger partial charge in [-0.15, -0.1) is 11.3 Å². The van der Waals surface area contributed by atoms with Crippen LogP contribution >= 0.6 is 11.3 Å². The number of hydrogen-bond acceptors (Lipinski definition) is 7. The Morgan fingerprint density at radius 2 is 1.97 bits per heavy atom. The van der Waals surface area contributed by atoms with E-state index in [1.54, 1.807) is 17.5 Å². The summed E-state index contributed by atoms with van der Waals surface area (Å²) in [5.74, 6) is 0.195. The first kappa shape index (κ1) is 20.6. The summed E-state index contributed by atoms with van der Waals surface area (Å²) < 4.78 is 3.15. The maximum absolute atomic E-state index is 11.5. The van der Waals surface area contributed by atoms with Crippen molar-refractivity contribution in [2.45, 2.75) is 31.8 Å². The zero-order chi connectivity index (χ0) is 22.2. The number of anilines is 1. The third-order valence-corrected chi connectivity index (χ3v) is 7.28. The van der Waals surface area contributed by atoms with Gasteiger partial charge in [0.15, 0.2) is 0 Å². The summed E-state index contributed by atoms with van der Waals surface area (Å²) in [6.45, 7) is 3.52. The molecule has 4 N–H and O–H groups in total. The second-order valence-electron chi connectivity index (χ2n) is 8.20. The molecule has 1 aliphatic rings. The summed E-state index contributed by atoms with van der Waals surface area (Å²) in [5, 5.41) is 5.48. The van der Waals surface area contributed by atoms with Crippen LogP contribution in [0.25, 0.3) is 31.9 Å². The molecule has 1 unspecified atom stereocenters. The van der Waals surface area contributed by atoms with E-state index in [2.05, 4.69) is 27.2 Å². The molecule has 1 saturated heterocycles. The van der Waals surface area contributed by atoms with Crippen molar-refractivity contribution in [2.24, 2.45) is 5.73 Å². The van der Waals surface area contributed by atoms with Crippen LogP contribution in [0.5, 0.6) is 0 Å². The fourth-order valence-corrected chi connectivity index (χ4v) is 5.19. The third-order valence-electron chi connectivity index (χ3n) is 6.21. The first-order valence-corrected chi connectivity index (χ1v) is 11.5. The number of para-hydroxylation sites is 1. The third kappa shape index (κ3) is 3.85. The second kappa shape index (κ2) is 8.33. The van der Waals surface area contributed by atoms with Crippen LogP contribution in [-0.2, 0) is 4.79 Å². The molecule has 5 rings (SSSR count). The average Bonchev–Trinajstić information content (AvgIpc) is 3.46. The van der Waals surface area contributed by atoms with E-state index < -0.39 is 0 Å². The molecule has 1 amide bonds. The van der Waals surface area contributed by atoms with Gasteiger partial charge in [0, 0.05) is 36.6 Å². The summed E-state index contributed by atoms with van der Waals surface area (Å²) >= 11 is 1.61. The van der Waals surface area contributed by atoms with Crippen molar-refractivity contribution in [3.63, 3.8) is 0 Å². The summed E-state index contributed by atoms with van der Waals surface area (Å²) in [5.41, 5.74) is 15.4. The number of nitrogens with two attached hydrogens (primary N) is 2. The summed E-state index contributed by atoms with van der Waals surface area (Å²) in [4.78, 5) is 22.8. The number of piperidine rings is 1. The van der Waals surface area contributed by atoms with Crippen LogP contribution in [0.2, 0.25) is 0 Å². The highest BCUT2D eigenvalue weighted by molar-refractivity contribution is 7.21. The number of nitrogens with zero attached hydrogens (tertiary/aromatic N) is 5. The van der Waals surface area contributed by atoms with Crippen molar-refractivity contribution in [3.05, 3.63) is 48.9 Å². The number of pyridine rings is 1. The number of rotatable bonds is 5. The van der Waals surface area contributed by atoms with E-state index in [9.17, 15) is 4.79 Å². The van der Waals surface area contributed by atoms with Crippen molar-refractivity contribution < 1.29 is 4.79 Å². The molecule has 4 aromatic rings. The Morgan fingerprint density at radius 1 is 1.19 bits per heavy atom. The minimum absolute atomic E-state index is 0.231. The SMILES string of the molecule is CC(C(N)=O)N1CCC(n2cc(-c3cnc(N)c(-c4nc5ccccc5s4)c3)cn2)CC1. The Labute approximate surface area is 189 Å². The van der Waals surface area contributed by atoms with Gasteiger partial charge in [0.25, 0.3) is 0 Å². The molecule has 4 heterocycles. The number of benzene rings is 1. The molecular weight excluding hydrogens is 422 g/mol. The standard InChI is InChI=1S/C23H25N7OS/c1-14(22(25)31)29-8-6-17(7-9-29)30-13-16(12-27-30)15-10-18(21(24)26-11-15)23-28-19-4-2-3-5-20(19)32-23/h2-5,10-14,17H,6-9H2,1H3,(H2,24,26)(H2,25,31). The minimum Gasteiger partial charge on any atom is -0.383 e. The summed E-state index contributed by atoms with van der Waals surface area (Å²) in [6, 6.07) is 10.2. The summed E-state index contributed by atoms with van der Waals surface area (Å²) in [7, 11) is 0. The number of carbonyl (C=O) groups excluding carboxylic acids is 1. The van der Waals surface area contributed by atoms with E-state index in [0.29, 0.717) is 11.9 Å². The minimum atomic E-state index is -0.274. The molecule has 9 heteroatoms. The van der Waals surface area contributed by atoms with Gasteiger partial charge >= 0.3 is 0 Å². The lowest BCUT2D eigenvalue weighted by Crippen LogP contribution is -2.46. The molecule has 1 aromatic carbocycles. The van der Waals surface area contributed by atoms with Crippen LogP contribution in [0.1, 0.15) is 25.8 Å². The fraction of sp³-hybridized carbons (Fsp3) is 0.304. The zero-order valence-corrected chi connectivity index (χ0v) is 18.6. The monoisotopic (exact) mass is 447 g/mol. The number of aromatic nitrogens is 4. The number of fused-ring (bicyclic) bond motifs is 1. The molecule has 3 aromatic heterocycles. The Morgan fingerprint density at radius 3 is 2.72 bits per heavy atom. The number of primary amides is 1. The number of amides is 1. The van der Waals surface area contributed by atoms with Crippen molar-refractivity contribution in [2.75, 3.05) is 18.8 Å². The molecule has 32 heavy (non-hydrogen) atoms. The van der Waals surface area contributed by atoms with Crippen LogP contribution in [-0.4, -0.2) is 49.7 Å². The number of likely N-dealkylation sites (tertiary alicyclic amines) is 1. The number of thiazole rings is 1. The Kier molecular flexibility index (Phi) is 5.36. The van der Waals surface area contributed by atoms with Crippen LogP contribution in [0.15, 0.2) is 48.9 Å². The molecule has 8 nitrogen and oxygen atoms in total. The van der Waals surface area contributed by atoms with Gasteiger partial charge in [-0.05, 0) is 38.0 Å². The van der Waals surface area contributed by atoms with Gasteiger partial charge in [0.05, 0.1) is 34.1 Å². The Hall–Kier alpha value is -3.30. The van der Waals surface area contributed by atoms with Crippen molar-refractivity contribution in [1.82, 2.24) is 24.6 Å². The molecule has 1 atom stereocenters. The van der Waals surface area contributed by atoms with Gasteiger partial charge in [-0.25, -0.2) is 9.97 Å². The quantitative estimate of drug-likeness (QED) is 0.485. The van der Waals surface area contributed by atoms with Crippen molar-refractivity contribution >= 4 is 33.3 Å². The maximum Gasteiger partial charge on any atom is 0.234 e. The Bertz CT molecular complexity index is 1240. The van der Waals surface area contributed by atoms with Crippen LogP contribution < -0.4 is 11.5 Å². The van der Waals surface area contributed by atoms with E-state index >= 15 is 0 Å². The molecular formula is C23H25N7OS. The largest absolute Gasteiger partial charge is 0.383 e. The highest BCUT2D eigenvalue weighted by Gasteiger charge is 2.26. The number of nitrogen functional groups attached to an aromatic ring is 1. The Balaban J connectivity index is 1.37. The van der Waals surface area contributed by atoms with E-state index in [-0.39, 0.29) is 11.9 Å². The maximum atomic E-state index is 11.5. The molecule has 164 valence electrons. The predicted molar refractivity (Wildman–Crippen MR) is 127 cm³/mol. The normalized spacial score (nSPS) is 16.4. The molecule has 0 radical (unpaired) electrons. The van der Waals surface area contributed by atoms with Gasteiger partial charge in [-0.3, -0.25) is 14.4 Å². The molecule has 0 saturated carbocycles. The number of hydrogen-bond donors (Lipinski definition) is 2. The van der Waals surface area contributed by atoms with E-state index in [1.807, 2.05) is 42.1 Å². The molecule has 1 aliphatic heterocycles. The molecule has 0 aliphatic carbocycles. The summed E-state index contributed by atoms with van der Waals surface area (Å²) in [6.07, 6.45) is 7.57. The molecule has 1 fully saturated rings. The van der Waals surface area contributed by atoms with Crippen molar-refractivity contribution in [3.8, 4) is 21.7 Å². The van der Waals surface area contributed by atoms with Gasteiger partial charge in [0.2, 0.25) is 5.91 Å². The van der Waals surface area contributed by atoms with E-state index in [4.69, 9.17) is 16.5 Å². The second-order valence-corrected chi connectivity index (χ2v) is 9.23. The molecule has 0 spiro atoms. The highest BCUT2D eigenvalue weighted by Crippen LogP contribution is 2.35. The van der Waals surface area contributed by atoms with E-state index in [1.165, 1.54) is 0 Å². The van der Waals surface area contributed by atoms with Gasteiger partial charge in [-0.2, -0.15) is 5.10 Å². The van der Waals surface area contributed by atoms with E-state index in [0.717, 1.165) is 57.8 Å². The average molecular weight is 448 g/mol. The molecule has 0 bridgehead atoms. The van der Waals surface area contributed by atoms with Crippen LogP contribution in [0.3, 0.4) is 0 Å². The van der Waals surface area contributed by atoms with Crippen LogP contribution in [0.4, 0.5) is 5.82 Å². The van der Waals surface area contributed by atoms with Gasteiger partial charge in [0.1, 0.15) is 10.8 Å². The predicted octanol–water partition coefficient (Wildman–Crippen LogP) is 3.31. The zero-order valence-electron chi connectivity index (χ0n) is 17.8. The lowest BCUT2D eigenvalue weighted by Gasteiger charge is -2.34. The topological polar surface area (TPSA) is 116 Å². The first-order valence-electron chi connectivity index (χ1n) is 10.7. The number of carbonyl (C=O) groups is 1. The smallest absolute Gasteiger partial charge is 0.234 e. The van der Waals surface area contributed by atoms with Crippen LogP contribution in [0, 0.1) is 0 Å². The highest BCUT2D eigenvalue weighted by atomic mass is 32.1. The fourth-order valence-electron chi connectivity index (χ4n) is 4.20. The lowest BCUT2D eigenvalue weighted by molar-refractivity contribution is -0.123. The first-order chi connectivity index (χ1) is 15.5.